The molecule has 10 nitrogen and oxygen atoms in total. The maximum atomic E-state index is 15.3. The van der Waals surface area contributed by atoms with Gasteiger partial charge in [-0.15, -0.1) is 0 Å². The maximum Gasteiger partial charge on any atom is 0.408 e. The number of nitrogens with zero attached hydrogens (tertiary/aromatic N) is 4. The average molecular weight is 643 g/mol. The summed E-state index contributed by atoms with van der Waals surface area (Å²) >= 11 is 0. The van der Waals surface area contributed by atoms with Crippen molar-refractivity contribution in [1.82, 2.24) is 20.2 Å². The lowest BCUT2D eigenvalue weighted by Crippen LogP contribution is -2.59. The number of anilines is 2. The van der Waals surface area contributed by atoms with Gasteiger partial charge in [-0.25, -0.2) is 22.9 Å². The van der Waals surface area contributed by atoms with E-state index in [0.29, 0.717) is 62.9 Å². The Labute approximate surface area is 266 Å². The summed E-state index contributed by atoms with van der Waals surface area (Å²) in [4.78, 5) is 25.1. The Morgan fingerprint density at radius 2 is 1.80 bits per heavy atom. The molecule has 248 valence electrons. The lowest BCUT2D eigenvalue weighted by Gasteiger charge is -2.42. The highest BCUT2D eigenvalue weighted by Gasteiger charge is 2.36. The Morgan fingerprint density at radius 3 is 2.50 bits per heavy atom. The summed E-state index contributed by atoms with van der Waals surface area (Å²) in [6.45, 7) is 10.9. The van der Waals surface area contributed by atoms with Crippen LogP contribution in [0.1, 0.15) is 39.0 Å². The maximum absolute atomic E-state index is 15.3. The van der Waals surface area contributed by atoms with Gasteiger partial charge in [0, 0.05) is 44.8 Å². The molecule has 1 aromatic carbocycles. The van der Waals surface area contributed by atoms with Gasteiger partial charge in [0.05, 0.1) is 60.7 Å². The van der Waals surface area contributed by atoms with Gasteiger partial charge in [-0.05, 0) is 56.7 Å². The van der Waals surface area contributed by atoms with E-state index in [1.54, 1.807) is 33.2 Å². The van der Waals surface area contributed by atoms with Gasteiger partial charge in [0.2, 0.25) is 0 Å². The number of amides is 1. The first-order valence-electron chi connectivity index (χ1n) is 15.4. The second-order valence-corrected chi connectivity index (χ2v) is 12.8. The summed E-state index contributed by atoms with van der Waals surface area (Å²) in [5.41, 5.74) is 0.584. The fourth-order valence-electron chi connectivity index (χ4n) is 5.76. The van der Waals surface area contributed by atoms with E-state index in [9.17, 15) is 14.3 Å². The molecule has 0 aliphatic carbocycles. The van der Waals surface area contributed by atoms with E-state index in [0.717, 1.165) is 11.8 Å². The molecule has 13 heteroatoms. The van der Waals surface area contributed by atoms with Crippen LogP contribution >= 0.6 is 0 Å². The van der Waals surface area contributed by atoms with Crippen molar-refractivity contribution in [2.24, 2.45) is 5.92 Å². The van der Waals surface area contributed by atoms with E-state index in [-0.39, 0.29) is 12.5 Å². The Kier molecular flexibility index (Phi) is 10.3. The van der Waals surface area contributed by atoms with Crippen molar-refractivity contribution in [3.8, 4) is 11.3 Å². The summed E-state index contributed by atoms with van der Waals surface area (Å²) in [6.07, 6.45) is 1.86. The number of carbonyl (C=O) groups is 1. The molecular formula is C33H41F3N6O4. The number of morpholine rings is 1. The van der Waals surface area contributed by atoms with Crippen LogP contribution in [0.4, 0.5) is 29.3 Å². The normalized spacial score (nSPS) is 20.8. The van der Waals surface area contributed by atoms with Crippen LogP contribution in [0, 0.1) is 23.4 Å². The first kappa shape index (κ1) is 33.4. The lowest BCUT2D eigenvalue weighted by molar-refractivity contribution is 0.0303. The van der Waals surface area contributed by atoms with E-state index in [1.165, 1.54) is 18.2 Å². The molecule has 2 aromatic heterocycles. The smallest absolute Gasteiger partial charge is 0.408 e. The van der Waals surface area contributed by atoms with Gasteiger partial charge in [0.25, 0.3) is 0 Å². The van der Waals surface area contributed by atoms with Crippen molar-refractivity contribution in [1.29, 1.82) is 0 Å². The first-order valence-corrected chi connectivity index (χ1v) is 15.4. The number of aromatic nitrogens is 2. The van der Waals surface area contributed by atoms with Gasteiger partial charge >= 0.3 is 6.09 Å². The number of aliphatic hydroxyl groups excluding tert-OH is 1. The van der Waals surface area contributed by atoms with E-state index in [2.05, 4.69) is 20.6 Å². The molecule has 4 heterocycles. The molecule has 46 heavy (non-hydrogen) atoms. The quantitative estimate of drug-likeness (QED) is 0.322. The monoisotopic (exact) mass is 642 g/mol. The zero-order valence-electron chi connectivity index (χ0n) is 26.5. The molecule has 0 radical (unpaired) electrons. The number of pyridine rings is 2. The number of piperidine rings is 1. The molecule has 3 aromatic rings. The molecular weight excluding hydrogens is 601 g/mol. The van der Waals surface area contributed by atoms with E-state index >= 15 is 8.78 Å². The highest BCUT2D eigenvalue weighted by Crippen LogP contribution is 2.32. The van der Waals surface area contributed by atoms with E-state index < -0.39 is 52.5 Å². The summed E-state index contributed by atoms with van der Waals surface area (Å²) in [7, 11) is 0. The zero-order valence-corrected chi connectivity index (χ0v) is 26.5. The molecule has 3 N–H and O–H groups in total. The average Bonchev–Trinajstić information content (AvgIpc) is 2.99. The van der Waals surface area contributed by atoms with Gasteiger partial charge < -0.3 is 30.1 Å². The van der Waals surface area contributed by atoms with Crippen molar-refractivity contribution in [3.63, 3.8) is 0 Å². The molecule has 0 unspecified atom stereocenters. The summed E-state index contributed by atoms with van der Waals surface area (Å²) < 4.78 is 56.2. The minimum absolute atomic E-state index is 0.107. The number of hydrogen-bond acceptors (Lipinski definition) is 9. The van der Waals surface area contributed by atoms with Crippen LogP contribution < -0.4 is 15.5 Å². The Balaban J connectivity index is 1.31. The molecule has 2 fully saturated rings. The van der Waals surface area contributed by atoms with Gasteiger partial charge in [0.1, 0.15) is 28.7 Å². The SMILES string of the molecule is C[C@H]1CN(c2ccncc2NCc2ccc(F)c(-c3c(F)cc(CN4CCOCC4)cc3F)n2)C[C@@H](NC(=O)OC(C)(C)C)[C@@H]1O. The summed E-state index contributed by atoms with van der Waals surface area (Å²) in [6, 6.07) is 6.26. The zero-order chi connectivity index (χ0) is 33.0. The molecule has 3 atom stereocenters. The number of alkyl carbamates (subject to hydrolysis) is 1. The molecule has 5 rings (SSSR count). The van der Waals surface area contributed by atoms with Crippen LogP contribution in [0.5, 0.6) is 0 Å². The topological polar surface area (TPSA) is 112 Å². The Morgan fingerprint density at radius 1 is 1.09 bits per heavy atom. The van der Waals surface area contributed by atoms with Crippen LogP contribution in [0.25, 0.3) is 11.3 Å². The largest absolute Gasteiger partial charge is 0.444 e. The third kappa shape index (κ3) is 8.25. The van der Waals surface area contributed by atoms with Gasteiger partial charge in [-0.3, -0.25) is 9.88 Å². The number of rotatable bonds is 8. The van der Waals surface area contributed by atoms with Crippen molar-refractivity contribution in [2.45, 2.75) is 58.5 Å². The molecule has 0 spiro atoms. The van der Waals surface area contributed by atoms with Crippen molar-refractivity contribution < 1.29 is 32.5 Å². The minimum Gasteiger partial charge on any atom is -0.444 e. The highest BCUT2D eigenvalue weighted by atomic mass is 19.1. The number of nitrogens with one attached hydrogen (secondary N) is 2. The van der Waals surface area contributed by atoms with Gasteiger partial charge in [-0.1, -0.05) is 6.92 Å². The van der Waals surface area contributed by atoms with Crippen LogP contribution in [-0.2, 0) is 22.6 Å². The number of hydrogen-bond donors (Lipinski definition) is 3. The Hall–Kier alpha value is -3.94. The van der Waals surface area contributed by atoms with Crippen LogP contribution in [0.2, 0.25) is 0 Å². The van der Waals surface area contributed by atoms with E-state index in [1.807, 2.05) is 22.8 Å². The van der Waals surface area contributed by atoms with Crippen LogP contribution in [-0.4, -0.2) is 83.2 Å². The third-order valence-electron chi connectivity index (χ3n) is 7.97. The first-order chi connectivity index (χ1) is 21.9. The van der Waals surface area contributed by atoms with Crippen molar-refractivity contribution >= 4 is 17.5 Å². The second-order valence-electron chi connectivity index (χ2n) is 12.8. The molecule has 1 amide bonds. The van der Waals surface area contributed by atoms with Crippen LogP contribution in [0.15, 0.2) is 42.7 Å². The standard InChI is InChI=1S/C33H41F3N6O4/c1-20-17-42(19-27(31(20)43)40-32(44)46-33(2,3)4)28-7-8-37-16-26(28)38-15-22-5-6-23(34)30(39-22)29-24(35)13-21(14-25(29)36)18-41-9-11-45-12-10-41/h5-8,13-14,16,20,27,31,38,43H,9-12,15,17-19H2,1-4H3,(H,40,44)/t20-,27+,31+/m0/s1. The molecule has 2 aliphatic heterocycles. The number of carbonyl (C=O) groups excluding carboxylic acids is 1. The van der Waals surface area contributed by atoms with Crippen molar-refractivity contribution in [3.05, 3.63) is 71.4 Å². The lowest BCUT2D eigenvalue weighted by atomic mass is 9.92. The van der Waals surface area contributed by atoms with E-state index in [4.69, 9.17) is 9.47 Å². The van der Waals surface area contributed by atoms with Crippen molar-refractivity contribution in [2.75, 3.05) is 49.6 Å². The fourth-order valence-corrected chi connectivity index (χ4v) is 5.76. The summed E-state index contributed by atoms with van der Waals surface area (Å²) in [5, 5.41) is 16.9. The third-order valence-corrected chi connectivity index (χ3v) is 7.97. The predicted octanol–water partition coefficient (Wildman–Crippen LogP) is 4.72. The summed E-state index contributed by atoms with van der Waals surface area (Å²) in [5.74, 6) is -2.79. The number of halogens is 3. The molecule has 2 aliphatic rings. The second kappa shape index (κ2) is 14.2. The minimum atomic E-state index is -0.884. The molecule has 0 bridgehead atoms. The molecule has 2 saturated heterocycles. The highest BCUT2D eigenvalue weighted by molar-refractivity contribution is 5.71. The number of aliphatic hydroxyl groups is 1. The van der Waals surface area contributed by atoms with Crippen LogP contribution in [0.3, 0.4) is 0 Å². The molecule has 0 saturated carbocycles. The van der Waals surface area contributed by atoms with Gasteiger partial charge in [-0.2, -0.15) is 0 Å². The number of benzene rings is 1. The Bertz CT molecular complexity index is 1510. The predicted molar refractivity (Wildman–Crippen MR) is 168 cm³/mol. The fraction of sp³-hybridized carbons (Fsp3) is 0.485. The van der Waals surface area contributed by atoms with Gasteiger partial charge in [0.15, 0.2) is 0 Å². The number of ether oxygens (including phenoxy) is 2.